The van der Waals surface area contributed by atoms with E-state index in [1.54, 1.807) is 0 Å². The van der Waals surface area contributed by atoms with E-state index in [0.717, 1.165) is 6.54 Å². The number of rotatable bonds is 7. The quantitative estimate of drug-likeness (QED) is 0.690. The van der Waals surface area contributed by atoms with Gasteiger partial charge in [0.15, 0.2) is 0 Å². The smallest absolute Gasteiger partial charge is 0.322 e. The number of hydrogen-bond acceptors (Lipinski definition) is 3. The standard InChI is InChI=1S/C12H24N2O2/c1-3-13-11(12(15)16)9-14(4-2)10-7-5-6-8-10/h10-11,13H,3-9H2,1-2H3,(H,15,16). The summed E-state index contributed by atoms with van der Waals surface area (Å²) in [6.45, 7) is 6.34. The molecule has 0 spiro atoms. The van der Waals surface area contributed by atoms with Crippen LogP contribution in [0.2, 0.25) is 0 Å². The lowest BCUT2D eigenvalue weighted by atomic mass is 10.1. The second-order valence-electron chi connectivity index (χ2n) is 4.47. The Morgan fingerprint density at radius 3 is 2.50 bits per heavy atom. The molecule has 1 aliphatic rings. The van der Waals surface area contributed by atoms with Crippen molar-refractivity contribution < 1.29 is 9.90 Å². The molecule has 0 bridgehead atoms. The SMILES string of the molecule is CCNC(CN(CC)C1CCCC1)C(=O)O. The lowest BCUT2D eigenvalue weighted by Crippen LogP contribution is -2.48. The minimum Gasteiger partial charge on any atom is -0.480 e. The Morgan fingerprint density at radius 2 is 2.06 bits per heavy atom. The molecule has 0 aliphatic heterocycles. The van der Waals surface area contributed by atoms with E-state index in [2.05, 4.69) is 17.1 Å². The Hall–Kier alpha value is -0.610. The molecule has 0 heterocycles. The summed E-state index contributed by atoms with van der Waals surface area (Å²) in [6, 6.07) is 0.177. The van der Waals surface area contributed by atoms with Gasteiger partial charge in [0.2, 0.25) is 0 Å². The van der Waals surface area contributed by atoms with Gasteiger partial charge in [0.05, 0.1) is 0 Å². The normalized spacial score (nSPS) is 19.2. The molecule has 4 nitrogen and oxygen atoms in total. The van der Waals surface area contributed by atoms with E-state index in [4.69, 9.17) is 5.11 Å². The third kappa shape index (κ3) is 3.76. The molecule has 94 valence electrons. The molecule has 0 aromatic rings. The topological polar surface area (TPSA) is 52.6 Å². The summed E-state index contributed by atoms with van der Waals surface area (Å²) in [5, 5.41) is 12.1. The van der Waals surface area contributed by atoms with Gasteiger partial charge in [0.1, 0.15) is 6.04 Å². The van der Waals surface area contributed by atoms with Crippen molar-refractivity contribution in [1.29, 1.82) is 0 Å². The van der Waals surface area contributed by atoms with E-state index in [-0.39, 0.29) is 0 Å². The zero-order valence-corrected chi connectivity index (χ0v) is 10.4. The maximum atomic E-state index is 11.1. The summed E-state index contributed by atoms with van der Waals surface area (Å²) in [6.07, 6.45) is 5.04. The van der Waals surface area contributed by atoms with Gasteiger partial charge >= 0.3 is 5.97 Å². The fourth-order valence-electron chi connectivity index (χ4n) is 2.52. The minimum absolute atomic E-state index is 0.425. The first kappa shape index (κ1) is 13.5. The lowest BCUT2D eigenvalue weighted by Gasteiger charge is -2.30. The van der Waals surface area contributed by atoms with Crippen molar-refractivity contribution >= 4 is 5.97 Å². The Morgan fingerprint density at radius 1 is 1.44 bits per heavy atom. The number of carboxylic acid groups (broad SMARTS) is 1. The van der Waals surface area contributed by atoms with Crippen LogP contribution in [0.15, 0.2) is 0 Å². The molecule has 16 heavy (non-hydrogen) atoms. The largest absolute Gasteiger partial charge is 0.480 e. The van der Waals surface area contributed by atoms with Crippen molar-refractivity contribution in [2.45, 2.75) is 51.6 Å². The molecule has 0 saturated heterocycles. The zero-order chi connectivity index (χ0) is 12.0. The van der Waals surface area contributed by atoms with Crippen molar-refractivity contribution in [3.05, 3.63) is 0 Å². The second kappa shape index (κ2) is 6.86. The van der Waals surface area contributed by atoms with E-state index in [1.165, 1.54) is 25.7 Å². The summed E-state index contributed by atoms with van der Waals surface area (Å²) in [5.74, 6) is -0.738. The summed E-state index contributed by atoms with van der Waals surface area (Å²) in [5.41, 5.74) is 0. The molecule has 1 saturated carbocycles. The van der Waals surface area contributed by atoms with E-state index in [0.29, 0.717) is 19.1 Å². The number of likely N-dealkylation sites (N-methyl/N-ethyl adjacent to an activating group) is 2. The molecule has 1 aliphatic carbocycles. The van der Waals surface area contributed by atoms with Gasteiger partial charge < -0.3 is 10.4 Å². The average molecular weight is 228 g/mol. The number of hydrogen-bond donors (Lipinski definition) is 2. The third-order valence-corrected chi connectivity index (χ3v) is 3.41. The van der Waals surface area contributed by atoms with Crippen LogP contribution in [0.1, 0.15) is 39.5 Å². The van der Waals surface area contributed by atoms with Gasteiger partial charge in [0.25, 0.3) is 0 Å². The fraction of sp³-hybridized carbons (Fsp3) is 0.917. The van der Waals surface area contributed by atoms with Crippen LogP contribution in [0.25, 0.3) is 0 Å². The van der Waals surface area contributed by atoms with Crippen molar-refractivity contribution in [3.63, 3.8) is 0 Å². The van der Waals surface area contributed by atoms with Gasteiger partial charge in [0, 0.05) is 12.6 Å². The zero-order valence-electron chi connectivity index (χ0n) is 10.4. The average Bonchev–Trinajstić information content (AvgIpc) is 2.77. The molecule has 0 aromatic carbocycles. The minimum atomic E-state index is -0.738. The fourth-order valence-corrected chi connectivity index (χ4v) is 2.52. The van der Waals surface area contributed by atoms with Crippen LogP contribution >= 0.6 is 0 Å². The molecule has 2 N–H and O–H groups in total. The molecule has 1 rings (SSSR count). The molecule has 1 atom stereocenters. The van der Waals surface area contributed by atoms with Crippen LogP contribution in [0.5, 0.6) is 0 Å². The molecule has 0 amide bonds. The highest BCUT2D eigenvalue weighted by atomic mass is 16.4. The van der Waals surface area contributed by atoms with E-state index >= 15 is 0 Å². The van der Waals surface area contributed by atoms with Crippen LogP contribution in [-0.4, -0.2) is 47.7 Å². The first-order valence-electron chi connectivity index (χ1n) is 6.39. The highest BCUT2D eigenvalue weighted by Gasteiger charge is 2.26. The van der Waals surface area contributed by atoms with Crippen molar-refractivity contribution in [1.82, 2.24) is 10.2 Å². The van der Waals surface area contributed by atoms with Crippen molar-refractivity contribution in [3.8, 4) is 0 Å². The predicted molar refractivity (Wildman–Crippen MR) is 64.6 cm³/mol. The van der Waals surface area contributed by atoms with Gasteiger partial charge in [-0.15, -0.1) is 0 Å². The number of nitrogens with zero attached hydrogens (tertiary/aromatic N) is 1. The Bertz CT molecular complexity index is 215. The molecule has 0 radical (unpaired) electrons. The van der Waals surface area contributed by atoms with Gasteiger partial charge in [-0.2, -0.15) is 0 Å². The van der Waals surface area contributed by atoms with Crippen LogP contribution in [0.4, 0.5) is 0 Å². The van der Waals surface area contributed by atoms with Crippen LogP contribution in [-0.2, 0) is 4.79 Å². The van der Waals surface area contributed by atoms with E-state index in [1.807, 2.05) is 6.92 Å². The van der Waals surface area contributed by atoms with Crippen LogP contribution in [0, 0.1) is 0 Å². The van der Waals surface area contributed by atoms with Crippen LogP contribution in [0.3, 0.4) is 0 Å². The highest BCUT2D eigenvalue weighted by molar-refractivity contribution is 5.73. The summed E-state index contributed by atoms with van der Waals surface area (Å²) < 4.78 is 0. The van der Waals surface area contributed by atoms with Crippen molar-refractivity contribution in [2.24, 2.45) is 0 Å². The summed E-state index contributed by atoms with van der Waals surface area (Å²) >= 11 is 0. The monoisotopic (exact) mass is 228 g/mol. The molecular formula is C12H24N2O2. The highest BCUT2D eigenvalue weighted by Crippen LogP contribution is 2.23. The summed E-state index contributed by atoms with van der Waals surface area (Å²) in [4.78, 5) is 13.4. The maximum absolute atomic E-state index is 11.1. The molecule has 0 aromatic heterocycles. The first-order chi connectivity index (χ1) is 7.69. The molecule has 4 heteroatoms. The van der Waals surface area contributed by atoms with Crippen molar-refractivity contribution in [2.75, 3.05) is 19.6 Å². The van der Waals surface area contributed by atoms with Gasteiger partial charge in [-0.3, -0.25) is 9.69 Å². The predicted octanol–water partition coefficient (Wildman–Crippen LogP) is 1.31. The number of carbonyl (C=O) groups is 1. The van der Waals surface area contributed by atoms with Crippen LogP contribution < -0.4 is 5.32 Å². The van der Waals surface area contributed by atoms with Gasteiger partial charge in [-0.05, 0) is 25.9 Å². The van der Waals surface area contributed by atoms with E-state index < -0.39 is 12.0 Å². The first-order valence-corrected chi connectivity index (χ1v) is 6.39. The number of aliphatic carboxylic acids is 1. The molecule has 1 fully saturated rings. The Labute approximate surface area is 98.0 Å². The lowest BCUT2D eigenvalue weighted by molar-refractivity contribution is -0.140. The Balaban J connectivity index is 2.48. The van der Waals surface area contributed by atoms with E-state index in [9.17, 15) is 4.79 Å². The number of carboxylic acids is 1. The Kier molecular flexibility index (Phi) is 5.77. The maximum Gasteiger partial charge on any atom is 0.322 e. The second-order valence-corrected chi connectivity index (χ2v) is 4.47. The number of nitrogens with one attached hydrogen (secondary N) is 1. The third-order valence-electron chi connectivity index (χ3n) is 3.41. The summed E-state index contributed by atoms with van der Waals surface area (Å²) in [7, 11) is 0. The molecular weight excluding hydrogens is 204 g/mol. The van der Waals surface area contributed by atoms with Gasteiger partial charge in [-0.1, -0.05) is 26.7 Å². The van der Waals surface area contributed by atoms with Gasteiger partial charge in [-0.25, -0.2) is 0 Å². The molecule has 1 unspecified atom stereocenters.